The molecule has 7 heteroatoms. The first kappa shape index (κ1) is 20.6. The van der Waals surface area contributed by atoms with E-state index < -0.39 is 0 Å². The van der Waals surface area contributed by atoms with Crippen LogP contribution in [-0.4, -0.2) is 56.0 Å². The van der Waals surface area contributed by atoms with E-state index in [1.165, 1.54) is 17.9 Å². The number of hydrogen-bond acceptors (Lipinski definition) is 4. The Bertz CT molecular complexity index is 849. The van der Waals surface area contributed by atoms with Gasteiger partial charge in [0.1, 0.15) is 18.1 Å². The smallest absolute Gasteiger partial charge is 0.242 e. The minimum absolute atomic E-state index is 0.0248. The van der Waals surface area contributed by atoms with Crippen molar-refractivity contribution in [2.24, 2.45) is 0 Å². The molecular formula is C22H26FN3O3. The van der Waals surface area contributed by atoms with Gasteiger partial charge in [-0.25, -0.2) is 4.39 Å². The number of anilines is 2. The summed E-state index contributed by atoms with van der Waals surface area (Å²) in [4.78, 5) is 30.0. The van der Waals surface area contributed by atoms with Crippen molar-refractivity contribution in [3.63, 3.8) is 0 Å². The molecule has 2 aromatic rings. The van der Waals surface area contributed by atoms with E-state index in [0.29, 0.717) is 44.2 Å². The van der Waals surface area contributed by atoms with E-state index in [1.807, 2.05) is 11.8 Å². The molecule has 154 valence electrons. The fraction of sp³-hybridized carbons (Fsp3) is 0.364. The van der Waals surface area contributed by atoms with Gasteiger partial charge in [-0.15, -0.1) is 0 Å². The molecule has 0 atom stereocenters. The number of amides is 2. The summed E-state index contributed by atoms with van der Waals surface area (Å²) >= 11 is 0. The van der Waals surface area contributed by atoms with Crippen molar-refractivity contribution >= 4 is 23.2 Å². The predicted molar refractivity (Wildman–Crippen MR) is 111 cm³/mol. The number of rotatable bonds is 6. The second-order valence-electron chi connectivity index (χ2n) is 6.85. The van der Waals surface area contributed by atoms with Crippen molar-refractivity contribution in [3.8, 4) is 5.75 Å². The fourth-order valence-corrected chi connectivity index (χ4v) is 3.41. The van der Waals surface area contributed by atoms with Crippen LogP contribution in [0.4, 0.5) is 15.8 Å². The first-order valence-electron chi connectivity index (χ1n) is 9.77. The number of piperazine rings is 1. The monoisotopic (exact) mass is 399 g/mol. The number of nitrogens with zero attached hydrogens (tertiary/aromatic N) is 3. The van der Waals surface area contributed by atoms with Gasteiger partial charge in [-0.1, -0.05) is 12.1 Å². The number of halogens is 1. The van der Waals surface area contributed by atoms with Crippen LogP contribution in [0.2, 0.25) is 0 Å². The third kappa shape index (κ3) is 5.04. The Morgan fingerprint density at radius 1 is 1.03 bits per heavy atom. The number of ether oxygens (including phenoxy) is 1. The molecule has 29 heavy (non-hydrogen) atoms. The highest BCUT2D eigenvalue weighted by Gasteiger charge is 2.25. The summed E-state index contributed by atoms with van der Waals surface area (Å²) in [7, 11) is 0. The van der Waals surface area contributed by atoms with Gasteiger partial charge in [0.15, 0.2) is 0 Å². The summed E-state index contributed by atoms with van der Waals surface area (Å²) in [5.74, 6) is 0.135. The Kier molecular flexibility index (Phi) is 6.69. The Hall–Kier alpha value is -3.09. The normalized spacial score (nSPS) is 13.9. The Balaban J connectivity index is 1.61. The second kappa shape index (κ2) is 9.41. The maximum atomic E-state index is 14.0. The van der Waals surface area contributed by atoms with Crippen LogP contribution in [0.5, 0.6) is 5.75 Å². The summed E-state index contributed by atoms with van der Waals surface area (Å²) in [6.45, 7) is 5.96. The summed E-state index contributed by atoms with van der Waals surface area (Å²) in [5, 5.41) is 0. The third-order valence-corrected chi connectivity index (χ3v) is 4.96. The van der Waals surface area contributed by atoms with Crippen molar-refractivity contribution in [1.82, 2.24) is 4.90 Å². The Labute approximate surface area is 170 Å². The first-order chi connectivity index (χ1) is 14.0. The van der Waals surface area contributed by atoms with E-state index in [-0.39, 0.29) is 24.2 Å². The average Bonchev–Trinajstić information content (AvgIpc) is 2.73. The highest BCUT2D eigenvalue weighted by atomic mass is 19.1. The lowest BCUT2D eigenvalue weighted by Crippen LogP contribution is -2.52. The van der Waals surface area contributed by atoms with E-state index in [9.17, 15) is 14.0 Å². The van der Waals surface area contributed by atoms with Crippen LogP contribution in [0.15, 0.2) is 48.5 Å². The van der Waals surface area contributed by atoms with Gasteiger partial charge >= 0.3 is 0 Å². The van der Waals surface area contributed by atoms with E-state index in [4.69, 9.17) is 4.74 Å². The van der Waals surface area contributed by atoms with E-state index >= 15 is 0 Å². The van der Waals surface area contributed by atoms with E-state index in [2.05, 4.69) is 0 Å². The molecule has 0 aliphatic carbocycles. The van der Waals surface area contributed by atoms with Gasteiger partial charge in [-0.05, 0) is 43.3 Å². The number of benzene rings is 2. The van der Waals surface area contributed by atoms with Gasteiger partial charge < -0.3 is 19.4 Å². The highest BCUT2D eigenvalue weighted by molar-refractivity contribution is 5.97. The molecule has 0 radical (unpaired) electrons. The molecular weight excluding hydrogens is 373 g/mol. The molecule has 0 saturated carbocycles. The number of carbonyl (C=O) groups excluding carboxylic acids is 2. The van der Waals surface area contributed by atoms with Crippen molar-refractivity contribution in [3.05, 3.63) is 54.3 Å². The molecule has 0 aromatic heterocycles. The van der Waals surface area contributed by atoms with Crippen LogP contribution < -0.4 is 14.5 Å². The number of hydrogen-bond donors (Lipinski definition) is 0. The zero-order chi connectivity index (χ0) is 20.8. The molecule has 0 bridgehead atoms. The molecule has 2 amide bonds. The second-order valence-corrected chi connectivity index (χ2v) is 6.85. The number of carbonyl (C=O) groups is 2. The molecule has 3 rings (SSSR count). The summed E-state index contributed by atoms with van der Waals surface area (Å²) in [6.07, 6.45) is 0. The predicted octanol–water partition coefficient (Wildman–Crippen LogP) is 2.93. The van der Waals surface area contributed by atoms with Crippen LogP contribution in [-0.2, 0) is 9.59 Å². The average molecular weight is 399 g/mol. The SMILES string of the molecule is CCOc1ccc(N(CC(=O)N2CCN(c3ccccc3F)CC2)C(C)=O)cc1. The van der Waals surface area contributed by atoms with E-state index in [0.717, 1.165) is 5.75 Å². The molecule has 1 heterocycles. The Morgan fingerprint density at radius 3 is 2.28 bits per heavy atom. The topological polar surface area (TPSA) is 53.1 Å². The molecule has 2 aromatic carbocycles. The lowest BCUT2D eigenvalue weighted by molar-refractivity contribution is -0.131. The fourth-order valence-electron chi connectivity index (χ4n) is 3.41. The molecule has 1 saturated heterocycles. The van der Waals surface area contributed by atoms with Crippen molar-refractivity contribution in [1.29, 1.82) is 0 Å². The van der Waals surface area contributed by atoms with Crippen molar-refractivity contribution < 1.29 is 18.7 Å². The standard InChI is InChI=1S/C22H26FN3O3/c1-3-29-19-10-8-18(9-11-19)26(17(2)27)16-22(28)25-14-12-24(13-15-25)21-7-5-4-6-20(21)23/h4-11H,3,12-16H2,1-2H3. The molecule has 1 aliphatic rings. The summed E-state index contributed by atoms with van der Waals surface area (Å²) < 4.78 is 19.4. The van der Waals surface area contributed by atoms with Crippen LogP contribution in [0.3, 0.4) is 0 Å². The lowest BCUT2D eigenvalue weighted by atomic mass is 10.2. The summed E-state index contributed by atoms with van der Waals surface area (Å²) in [6, 6.07) is 13.8. The van der Waals surface area contributed by atoms with Crippen molar-refractivity contribution in [2.45, 2.75) is 13.8 Å². The minimum atomic E-state index is -0.259. The molecule has 0 spiro atoms. The van der Waals surface area contributed by atoms with Gasteiger partial charge in [0, 0.05) is 38.8 Å². The minimum Gasteiger partial charge on any atom is -0.494 e. The van der Waals surface area contributed by atoms with Crippen LogP contribution in [0.1, 0.15) is 13.8 Å². The molecule has 0 unspecified atom stereocenters. The lowest BCUT2D eigenvalue weighted by Gasteiger charge is -2.37. The summed E-state index contributed by atoms with van der Waals surface area (Å²) in [5.41, 5.74) is 1.21. The zero-order valence-corrected chi connectivity index (χ0v) is 16.8. The first-order valence-corrected chi connectivity index (χ1v) is 9.77. The highest BCUT2D eigenvalue weighted by Crippen LogP contribution is 2.22. The van der Waals surface area contributed by atoms with Gasteiger partial charge in [0.25, 0.3) is 0 Å². The van der Waals surface area contributed by atoms with Crippen LogP contribution >= 0.6 is 0 Å². The quantitative estimate of drug-likeness (QED) is 0.750. The maximum Gasteiger partial charge on any atom is 0.242 e. The van der Waals surface area contributed by atoms with Crippen LogP contribution in [0, 0.1) is 5.82 Å². The van der Waals surface area contributed by atoms with Crippen LogP contribution in [0.25, 0.3) is 0 Å². The van der Waals surface area contributed by atoms with Gasteiger partial charge in [0.05, 0.1) is 12.3 Å². The van der Waals surface area contributed by atoms with Crippen molar-refractivity contribution in [2.75, 3.05) is 49.1 Å². The molecule has 0 N–H and O–H groups in total. The van der Waals surface area contributed by atoms with Gasteiger partial charge in [-0.3, -0.25) is 9.59 Å². The zero-order valence-electron chi connectivity index (χ0n) is 16.8. The molecule has 6 nitrogen and oxygen atoms in total. The van der Waals surface area contributed by atoms with E-state index in [1.54, 1.807) is 47.4 Å². The number of para-hydroxylation sites is 1. The molecule has 1 aliphatic heterocycles. The van der Waals surface area contributed by atoms with Gasteiger partial charge in [0.2, 0.25) is 11.8 Å². The Morgan fingerprint density at radius 2 is 1.69 bits per heavy atom. The maximum absolute atomic E-state index is 14.0. The largest absolute Gasteiger partial charge is 0.494 e. The molecule has 1 fully saturated rings. The third-order valence-electron chi connectivity index (χ3n) is 4.96. The van der Waals surface area contributed by atoms with Gasteiger partial charge in [-0.2, -0.15) is 0 Å².